The van der Waals surface area contributed by atoms with Gasteiger partial charge >= 0.3 is 0 Å². The van der Waals surface area contributed by atoms with E-state index in [1.807, 2.05) is 30.3 Å². The molecule has 3 aromatic rings. The van der Waals surface area contributed by atoms with Gasteiger partial charge in [-0.15, -0.1) is 5.10 Å². The Balaban J connectivity index is 2.36. The van der Waals surface area contributed by atoms with Gasteiger partial charge in [-0.2, -0.15) is 0 Å². The lowest BCUT2D eigenvalue weighted by Crippen LogP contribution is -2.30. The van der Waals surface area contributed by atoms with Gasteiger partial charge in [0.15, 0.2) is 5.84 Å². The number of amidine groups is 1. The molecule has 0 aliphatic heterocycles. The third-order valence-corrected chi connectivity index (χ3v) is 6.63. The van der Waals surface area contributed by atoms with Crippen LogP contribution in [0, 0.1) is 0 Å². The van der Waals surface area contributed by atoms with Gasteiger partial charge in [-0.3, -0.25) is 10.1 Å². The molecule has 1 aromatic heterocycles. The van der Waals surface area contributed by atoms with Crippen molar-refractivity contribution in [1.29, 1.82) is 0 Å². The first-order chi connectivity index (χ1) is 14.4. The van der Waals surface area contributed by atoms with Crippen molar-refractivity contribution in [2.45, 2.75) is 9.79 Å². The maximum Gasteiger partial charge on any atom is 0.241 e. The van der Waals surface area contributed by atoms with Gasteiger partial charge in [0.1, 0.15) is 0 Å². The first kappa shape index (κ1) is 22.0. The van der Waals surface area contributed by atoms with Gasteiger partial charge in [0, 0.05) is 30.2 Å². The maximum atomic E-state index is 12.8. The molecule has 0 saturated heterocycles. The fourth-order valence-electron chi connectivity index (χ4n) is 3.11. The molecule has 1 heterocycles. The number of rotatable bonds is 8. The standard InChI is InChI=1S/C18H22N8O2S2/c19-8-10-24-30(27,28)15-7-6-13(16(17(15)29-22)18(20)25-26-21)11-3-1-5-14-12(11)4-2-9-23-14/h1-7,9,24,26H,8,10,19,21-22H2,(H2,20,25). The number of benzene rings is 2. The number of sulfonamides is 1. The first-order valence-corrected chi connectivity index (χ1v) is 11.2. The molecule has 10 nitrogen and oxygen atoms in total. The Morgan fingerprint density at radius 2 is 1.93 bits per heavy atom. The van der Waals surface area contributed by atoms with Crippen molar-refractivity contribution in [3.63, 3.8) is 0 Å². The van der Waals surface area contributed by atoms with Gasteiger partial charge in [0.2, 0.25) is 10.0 Å². The number of nitrogens with two attached hydrogens (primary N) is 4. The smallest absolute Gasteiger partial charge is 0.241 e. The van der Waals surface area contributed by atoms with Crippen molar-refractivity contribution in [1.82, 2.24) is 15.2 Å². The summed E-state index contributed by atoms with van der Waals surface area (Å²) in [5.41, 5.74) is 16.3. The number of nitrogens with one attached hydrogen (secondary N) is 2. The van der Waals surface area contributed by atoms with E-state index in [4.69, 9.17) is 22.4 Å². The summed E-state index contributed by atoms with van der Waals surface area (Å²) in [6.07, 6.45) is 1.70. The van der Waals surface area contributed by atoms with Gasteiger partial charge in [-0.05, 0) is 41.3 Å². The van der Waals surface area contributed by atoms with Crippen LogP contribution >= 0.6 is 11.9 Å². The SMILES string of the molecule is NCCNS(=O)(=O)c1ccc(-c2cccc3ncccc23)c(/C(N)=N/NN)c1SN. The molecule has 0 saturated carbocycles. The van der Waals surface area contributed by atoms with Gasteiger partial charge < -0.3 is 11.5 Å². The third-order valence-electron chi connectivity index (χ3n) is 4.34. The van der Waals surface area contributed by atoms with Crippen LogP contribution in [0.15, 0.2) is 63.6 Å². The summed E-state index contributed by atoms with van der Waals surface area (Å²) in [5, 5.41) is 10.6. The molecule has 0 radical (unpaired) electrons. The highest BCUT2D eigenvalue weighted by Gasteiger charge is 2.25. The zero-order valence-corrected chi connectivity index (χ0v) is 17.5. The van der Waals surface area contributed by atoms with E-state index in [0.717, 1.165) is 28.4 Å². The maximum absolute atomic E-state index is 12.8. The highest BCUT2D eigenvalue weighted by Crippen LogP contribution is 2.37. The highest BCUT2D eigenvalue weighted by molar-refractivity contribution is 7.98. The topological polar surface area (TPSA) is 188 Å². The second-order valence-corrected chi connectivity index (χ2v) is 8.50. The van der Waals surface area contributed by atoms with Crippen molar-refractivity contribution >= 4 is 38.7 Å². The minimum atomic E-state index is -3.88. The number of aromatic nitrogens is 1. The molecule has 0 unspecified atom stereocenters. The summed E-state index contributed by atoms with van der Waals surface area (Å²) in [6, 6.07) is 12.5. The van der Waals surface area contributed by atoms with Crippen LogP contribution in [0.3, 0.4) is 0 Å². The minimum absolute atomic E-state index is 0.0165. The second-order valence-electron chi connectivity index (χ2n) is 6.12. The van der Waals surface area contributed by atoms with Gasteiger partial charge in [-0.25, -0.2) is 24.5 Å². The van der Waals surface area contributed by atoms with E-state index in [0.29, 0.717) is 11.1 Å². The number of nitrogens with zero attached hydrogens (tertiary/aromatic N) is 2. The molecule has 12 heteroatoms. The molecule has 0 aliphatic carbocycles. The molecule has 0 bridgehead atoms. The number of hydrazone groups is 1. The van der Waals surface area contributed by atoms with Crippen LogP contribution in [-0.2, 0) is 10.0 Å². The van der Waals surface area contributed by atoms with Crippen molar-refractivity contribution in [3.8, 4) is 11.1 Å². The van der Waals surface area contributed by atoms with Crippen LogP contribution in [0.2, 0.25) is 0 Å². The molecule has 2 aromatic carbocycles. The molecule has 0 atom stereocenters. The van der Waals surface area contributed by atoms with Crippen LogP contribution in [0.1, 0.15) is 5.56 Å². The Kier molecular flexibility index (Phi) is 6.87. The number of hydrazine groups is 1. The summed E-state index contributed by atoms with van der Waals surface area (Å²) in [5.74, 6) is 5.30. The monoisotopic (exact) mass is 446 g/mol. The molecule has 0 amide bonds. The van der Waals surface area contributed by atoms with E-state index in [2.05, 4.69) is 20.3 Å². The molecule has 3 rings (SSSR count). The van der Waals surface area contributed by atoms with Crippen LogP contribution < -0.4 is 32.7 Å². The predicted octanol–water partition coefficient (Wildman–Crippen LogP) is 0.188. The van der Waals surface area contributed by atoms with E-state index >= 15 is 0 Å². The Morgan fingerprint density at radius 1 is 1.13 bits per heavy atom. The lowest BCUT2D eigenvalue weighted by molar-refractivity contribution is 0.580. The average molecular weight is 447 g/mol. The lowest BCUT2D eigenvalue weighted by atomic mass is 9.95. The predicted molar refractivity (Wildman–Crippen MR) is 120 cm³/mol. The van der Waals surface area contributed by atoms with Crippen molar-refractivity contribution in [2.24, 2.45) is 27.6 Å². The van der Waals surface area contributed by atoms with Crippen LogP contribution in [-0.4, -0.2) is 32.3 Å². The number of hydrogen-bond donors (Lipinski definition) is 6. The lowest BCUT2D eigenvalue weighted by Gasteiger charge is -2.18. The molecule has 158 valence electrons. The number of pyridine rings is 1. The molecule has 10 N–H and O–H groups in total. The fourth-order valence-corrected chi connectivity index (χ4v) is 5.23. The molecular formula is C18H22N8O2S2. The van der Waals surface area contributed by atoms with Crippen LogP contribution in [0.4, 0.5) is 0 Å². The van der Waals surface area contributed by atoms with E-state index in [1.165, 1.54) is 6.07 Å². The number of fused-ring (bicyclic) bond motifs is 1. The van der Waals surface area contributed by atoms with Crippen molar-refractivity contribution in [2.75, 3.05) is 13.1 Å². The molecule has 30 heavy (non-hydrogen) atoms. The second kappa shape index (κ2) is 9.38. The third kappa shape index (κ3) is 4.23. The summed E-state index contributed by atoms with van der Waals surface area (Å²) >= 11 is 0.755. The van der Waals surface area contributed by atoms with E-state index in [-0.39, 0.29) is 28.7 Å². The Morgan fingerprint density at radius 3 is 2.63 bits per heavy atom. The van der Waals surface area contributed by atoms with E-state index in [9.17, 15) is 8.42 Å². The summed E-state index contributed by atoms with van der Waals surface area (Å²) in [6.45, 7) is 0.232. The van der Waals surface area contributed by atoms with E-state index in [1.54, 1.807) is 12.3 Å². The zero-order valence-electron chi connectivity index (χ0n) is 15.9. The summed E-state index contributed by atoms with van der Waals surface area (Å²) < 4.78 is 28.0. The summed E-state index contributed by atoms with van der Waals surface area (Å²) in [4.78, 5) is 4.57. The van der Waals surface area contributed by atoms with Crippen molar-refractivity contribution in [3.05, 3.63) is 54.2 Å². The highest BCUT2D eigenvalue weighted by atomic mass is 32.2. The first-order valence-electron chi connectivity index (χ1n) is 8.81. The minimum Gasteiger partial charge on any atom is -0.382 e. The fraction of sp³-hybridized carbons (Fsp3) is 0.111. The molecular weight excluding hydrogens is 424 g/mol. The molecule has 0 spiro atoms. The number of hydrogen-bond acceptors (Lipinski definition) is 9. The van der Waals surface area contributed by atoms with Gasteiger partial charge in [0.05, 0.1) is 15.3 Å². The zero-order chi connectivity index (χ0) is 21.7. The summed E-state index contributed by atoms with van der Waals surface area (Å²) in [7, 11) is -3.88. The Bertz CT molecular complexity index is 1190. The molecule has 0 aliphatic rings. The van der Waals surface area contributed by atoms with Gasteiger partial charge in [0.25, 0.3) is 0 Å². The van der Waals surface area contributed by atoms with E-state index < -0.39 is 10.0 Å². The Labute approximate surface area is 178 Å². The largest absolute Gasteiger partial charge is 0.382 e. The normalized spacial score (nSPS) is 12.3. The van der Waals surface area contributed by atoms with Crippen molar-refractivity contribution < 1.29 is 8.42 Å². The Hall–Kier alpha value is -2.74. The van der Waals surface area contributed by atoms with Crippen LogP contribution in [0.25, 0.3) is 22.0 Å². The average Bonchev–Trinajstić information content (AvgIpc) is 2.76. The molecule has 0 fully saturated rings. The van der Waals surface area contributed by atoms with Gasteiger partial charge in [-0.1, -0.05) is 24.3 Å². The quantitative estimate of drug-likeness (QED) is 0.0922. The van der Waals surface area contributed by atoms with Crippen LogP contribution in [0.5, 0.6) is 0 Å².